The van der Waals surface area contributed by atoms with E-state index in [0.29, 0.717) is 5.92 Å². The first kappa shape index (κ1) is 29.4. The third-order valence-electron chi connectivity index (χ3n) is 6.12. The van der Waals surface area contributed by atoms with Crippen molar-refractivity contribution in [2.75, 3.05) is 0 Å². The average Bonchev–Trinajstić information content (AvgIpc) is 2.69. The number of unbranched alkanes of at least 4 members (excludes halogenated alkanes) is 1. The lowest BCUT2D eigenvalue weighted by Crippen LogP contribution is -1.95. The molecule has 1 atom stereocenters. The molecule has 0 heterocycles. The van der Waals surface area contributed by atoms with Gasteiger partial charge in [-0.05, 0) is 119 Å². The van der Waals surface area contributed by atoms with E-state index in [0.717, 1.165) is 0 Å². The van der Waals surface area contributed by atoms with Crippen LogP contribution in [0.2, 0.25) is 0 Å². The molecule has 0 aromatic carbocycles. The van der Waals surface area contributed by atoms with Crippen molar-refractivity contribution in [2.45, 2.75) is 120 Å². The van der Waals surface area contributed by atoms with Crippen LogP contribution in [-0.4, -0.2) is 0 Å². The van der Waals surface area contributed by atoms with Crippen molar-refractivity contribution in [3.05, 3.63) is 70.4 Å². The summed E-state index contributed by atoms with van der Waals surface area (Å²) in [4.78, 5) is 0. The first-order valence-corrected chi connectivity index (χ1v) is 12.5. The largest absolute Gasteiger partial charge is 0.0999 e. The summed E-state index contributed by atoms with van der Waals surface area (Å²) in [6.07, 6.45) is 23.9. The van der Waals surface area contributed by atoms with Crippen LogP contribution in [0.4, 0.5) is 0 Å². The summed E-state index contributed by atoms with van der Waals surface area (Å²) in [5, 5.41) is 0. The summed E-state index contributed by atoms with van der Waals surface area (Å²) in [5.74, 6) is 0.633. The molecular weight excluding hydrogens is 372 g/mol. The molecule has 0 N–H and O–H groups in total. The highest BCUT2D eigenvalue weighted by atomic mass is 14.1. The SMILES string of the molecule is C=C(C)C(C)CC/C(C)=C\CC/C(C)=C/CC/C=C(/C)CC/C=C(\C)CCC=C(C)C. The Labute approximate surface area is 196 Å². The lowest BCUT2D eigenvalue weighted by Gasteiger charge is -2.10. The third-order valence-corrected chi connectivity index (χ3v) is 6.12. The molecule has 0 fully saturated rings. The molecule has 176 valence electrons. The first-order chi connectivity index (χ1) is 14.6. The lowest BCUT2D eigenvalue weighted by atomic mass is 9.96. The molecule has 0 rings (SSSR count). The van der Waals surface area contributed by atoms with Crippen molar-refractivity contribution < 1.29 is 0 Å². The smallest absolute Gasteiger partial charge is 0.0234 e. The van der Waals surface area contributed by atoms with Crippen LogP contribution in [0.1, 0.15) is 120 Å². The molecule has 0 aliphatic carbocycles. The highest BCUT2D eigenvalue weighted by Gasteiger charge is 2.02. The summed E-state index contributed by atoms with van der Waals surface area (Å²) in [6.45, 7) is 21.9. The number of rotatable bonds is 16. The van der Waals surface area contributed by atoms with E-state index in [1.54, 1.807) is 0 Å². The number of hydrogen-bond donors (Lipinski definition) is 0. The fourth-order valence-electron chi connectivity index (χ4n) is 3.44. The van der Waals surface area contributed by atoms with Crippen molar-refractivity contribution in [1.82, 2.24) is 0 Å². The molecular formula is C31H52. The second-order valence-corrected chi connectivity index (χ2v) is 9.96. The minimum Gasteiger partial charge on any atom is -0.0999 e. The van der Waals surface area contributed by atoms with Crippen molar-refractivity contribution in [1.29, 1.82) is 0 Å². The van der Waals surface area contributed by atoms with Gasteiger partial charge in [-0.2, -0.15) is 0 Å². The highest BCUT2D eigenvalue weighted by Crippen LogP contribution is 2.19. The molecule has 0 amide bonds. The molecule has 0 aliphatic heterocycles. The van der Waals surface area contributed by atoms with Gasteiger partial charge >= 0.3 is 0 Å². The van der Waals surface area contributed by atoms with Crippen molar-refractivity contribution >= 4 is 0 Å². The zero-order chi connectivity index (χ0) is 23.6. The normalized spacial score (nSPS) is 14.6. The van der Waals surface area contributed by atoms with Gasteiger partial charge in [-0.15, -0.1) is 0 Å². The van der Waals surface area contributed by atoms with E-state index in [2.05, 4.69) is 92.3 Å². The average molecular weight is 425 g/mol. The van der Waals surface area contributed by atoms with E-state index in [9.17, 15) is 0 Å². The molecule has 0 radical (unpaired) electrons. The standard InChI is InChI=1S/C31H52/c1-25(2)15-12-18-29(7)21-13-19-27(5)16-10-11-17-28(6)20-14-22-30(8)23-24-31(9)26(3)4/h15-17,21-22,31H,3,10-14,18-20,23-24H2,1-2,4-9H3/b27-16-,28-17+,29-21+,30-22-. The number of allylic oxidation sites excluding steroid dienone is 11. The van der Waals surface area contributed by atoms with Crippen LogP contribution in [0.5, 0.6) is 0 Å². The van der Waals surface area contributed by atoms with E-state index in [-0.39, 0.29) is 0 Å². The Kier molecular flexibility index (Phi) is 17.1. The molecule has 0 heteroatoms. The van der Waals surface area contributed by atoms with E-state index in [1.807, 2.05) is 0 Å². The van der Waals surface area contributed by atoms with Crippen molar-refractivity contribution in [3.63, 3.8) is 0 Å². The van der Waals surface area contributed by atoms with Crippen LogP contribution in [0.25, 0.3) is 0 Å². The summed E-state index contributed by atoms with van der Waals surface area (Å²) < 4.78 is 0. The van der Waals surface area contributed by atoms with Crippen LogP contribution in [0, 0.1) is 5.92 Å². The summed E-state index contributed by atoms with van der Waals surface area (Å²) in [6, 6.07) is 0. The first-order valence-electron chi connectivity index (χ1n) is 12.5. The van der Waals surface area contributed by atoms with Gasteiger partial charge in [0, 0.05) is 0 Å². The molecule has 0 bridgehead atoms. The van der Waals surface area contributed by atoms with Crippen LogP contribution in [0.3, 0.4) is 0 Å². The van der Waals surface area contributed by atoms with Crippen LogP contribution in [-0.2, 0) is 0 Å². The third kappa shape index (κ3) is 18.9. The van der Waals surface area contributed by atoms with Gasteiger partial charge in [0.15, 0.2) is 0 Å². The van der Waals surface area contributed by atoms with Gasteiger partial charge < -0.3 is 0 Å². The second-order valence-electron chi connectivity index (χ2n) is 9.96. The molecule has 0 saturated carbocycles. The Morgan fingerprint density at radius 1 is 0.548 bits per heavy atom. The molecule has 1 unspecified atom stereocenters. The van der Waals surface area contributed by atoms with E-state index in [1.165, 1.54) is 97.6 Å². The Bertz CT molecular complexity index is 656. The molecule has 0 spiro atoms. The van der Waals surface area contributed by atoms with E-state index in [4.69, 9.17) is 0 Å². The molecule has 0 aromatic heterocycles. The Morgan fingerprint density at radius 2 is 0.903 bits per heavy atom. The van der Waals surface area contributed by atoms with Crippen molar-refractivity contribution in [3.8, 4) is 0 Å². The van der Waals surface area contributed by atoms with Gasteiger partial charge in [0.2, 0.25) is 0 Å². The summed E-state index contributed by atoms with van der Waals surface area (Å²) in [7, 11) is 0. The number of hydrogen-bond acceptors (Lipinski definition) is 0. The molecule has 0 aromatic rings. The van der Waals surface area contributed by atoms with Crippen LogP contribution < -0.4 is 0 Å². The van der Waals surface area contributed by atoms with Gasteiger partial charge in [-0.3, -0.25) is 0 Å². The predicted molar refractivity (Wildman–Crippen MR) is 145 cm³/mol. The van der Waals surface area contributed by atoms with Gasteiger partial charge in [0.05, 0.1) is 0 Å². The summed E-state index contributed by atoms with van der Waals surface area (Å²) in [5.41, 5.74) is 8.84. The zero-order valence-electron chi connectivity index (χ0n) is 22.2. The highest BCUT2D eigenvalue weighted by molar-refractivity contribution is 5.07. The Morgan fingerprint density at radius 3 is 1.29 bits per heavy atom. The fraction of sp³-hybridized carbons (Fsp3) is 0.613. The predicted octanol–water partition coefficient (Wildman–Crippen LogP) is 10.9. The second kappa shape index (κ2) is 18.1. The van der Waals surface area contributed by atoms with Gasteiger partial charge in [0.25, 0.3) is 0 Å². The molecule has 0 saturated heterocycles. The summed E-state index contributed by atoms with van der Waals surface area (Å²) >= 11 is 0. The van der Waals surface area contributed by atoms with Crippen LogP contribution in [0.15, 0.2) is 70.4 Å². The molecule has 0 aliphatic rings. The van der Waals surface area contributed by atoms with Gasteiger partial charge in [-0.1, -0.05) is 77.3 Å². The minimum atomic E-state index is 0.633. The topological polar surface area (TPSA) is 0 Å². The zero-order valence-corrected chi connectivity index (χ0v) is 22.2. The quantitative estimate of drug-likeness (QED) is 0.171. The van der Waals surface area contributed by atoms with Crippen molar-refractivity contribution in [2.24, 2.45) is 5.92 Å². The van der Waals surface area contributed by atoms with E-state index >= 15 is 0 Å². The maximum atomic E-state index is 4.07. The molecule has 0 nitrogen and oxygen atoms in total. The lowest BCUT2D eigenvalue weighted by molar-refractivity contribution is 0.611. The maximum Gasteiger partial charge on any atom is -0.0234 e. The van der Waals surface area contributed by atoms with Gasteiger partial charge in [-0.25, -0.2) is 0 Å². The Balaban J connectivity index is 4.08. The van der Waals surface area contributed by atoms with E-state index < -0.39 is 0 Å². The monoisotopic (exact) mass is 424 g/mol. The maximum absolute atomic E-state index is 4.07. The molecule has 31 heavy (non-hydrogen) atoms. The fourth-order valence-corrected chi connectivity index (χ4v) is 3.44. The van der Waals surface area contributed by atoms with Crippen LogP contribution >= 0.6 is 0 Å². The Hall–Kier alpha value is -1.56. The minimum absolute atomic E-state index is 0.633. The van der Waals surface area contributed by atoms with Gasteiger partial charge in [0.1, 0.15) is 0 Å².